The molecule has 1 aromatic rings. The monoisotopic (exact) mass is 294 g/mol. The van der Waals surface area contributed by atoms with Gasteiger partial charge in [-0.05, 0) is 25.7 Å². The number of hydrogen-bond donors (Lipinski definition) is 2. The molecular weight excluding hydrogens is 272 g/mol. The lowest BCUT2D eigenvalue weighted by Crippen LogP contribution is -2.45. The second-order valence-corrected chi connectivity index (χ2v) is 5.22. The number of aromatic nitrogens is 2. The van der Waals surface area contributed by atoms with Crippen molar-refractivity contribution >= 4 is 11.8 Å². The van der Waals surface area contributed by atoms with Gasteiger partial charge in [-0.25, -0.2) is 0 Å². The van der Waals surface area contributed by atoms with Crippen LogP contribution in [-0.4, -0.2) is 34.5 Å². The normalized spacial score (nSPS) is 18.9. The standard InChI is InChI=1S/C14H22N4O3/c1-2-11-17-13(21-18-11)8-5-7-12(19)16-10-6-3-4-9-15-14(10)20/h10H,2-9H2,1H3,(H,15,20)(H,16,19)/t10-/m1/s1. The first kappa shape index (κ1) is 15.5. The number of nitrogens with zero attached hydrogens (tertiary/aromatic N) is 2. The molecular formula is C14H22N4O3. The van der Waals surface area contributed by atoms with Gasteiger partial charge in [0, 0.05) is 25.8 Å². The quantitative estimate of drug-likeness (QED) is 0.806. The van der Waals surface area contributed by atoms with Crippen LogP contribution in [0.3, 0.4) is 0 Å². The van der Waals surface area contributed by atoms with Crippen LogP contribution in [0.2, 0.25) is 0 Å². The first-order valence-electron chi connectivity index (χ1n) is 7.57. The van der Waals surface area contributed by atoms with Crippen LogP contribution in [0.1, 0.15) is 50.7 Å². The van der Waals surface area contributed by atoms with Gasteiger partial charge in [-0.1, -0.05) is 12.1 Å². The highest BCUT2D eigenvalue weighted by Crippen LogP contribution is 2.07. The van der Waals surface area contributed by atoms with E-state index in [1.807, 2.05) is 6.92 Å². The molecule has 2 heterocycles. The summed E-state index contributed by atoms with van der Waals surface area (Å²) in [5.74, 6) is 1.06. The molecule has 7 heteroatoms. The van der Waals surface area contributed by atoms with Crippen molar-refractivity contribution in [2.45, 2.75) is 57.9 Å². The molecule has 0 unspecified atom stereocenters. The van der Waals surface area contributed by atoms with Gasteiger partial charge in [0.1, 0.15) is 6.04 Å². The van der Waals surface area contributed by atoms with Gasteiger partial charge in [-0.2, -0.15) is 4.98 Å². The van der Waals surface area contributed by atoms with Crippen molar-refractivity contribution in [3.8, 4) is 0 Å². The van der Waals surface area contributed by atoms with Crippen molar-refractivity contribution in [1.82, 2.24) is 20.8 Å². The number of hydrogen-bond acceptors (Lipinski definition) is 5. The Bertz CT molecular complexity index is 486. The molecule has 1 fully saturated rings. The average molecular weight is 294 g/mol. The maximum absolute atomic E-state index is 11.9. The SMILES string of the molecule is CCc1noc(CCCC(=O)N[C@@H]2CCCCNC2=O)n1. The van der Waals surface area contributed by atoms with Crippen LogP contribution in [-0.2, 0) is 22.4 Å². The van der Waals surface area contributed by atoms with Crippen LogP contribution in [0.25, 0.3) is 0 Å². The summed E-state index contributed by atoms with van der Waals surface area (Å²) in [6.45, 7) is 2.65. The van der Waals surface area contributed by atoms with E-state index < -0.39 is 6.04 Å². The molecule has 1 atom stereocenters. The highest BCUT2D eigenvalue weighted by molar-refractivity contribution is 5.87. The van der Waals surface area contributed by atoms with Gasteiger partial charge in [0.15, 0.2) is 5.82 Å². The average Bonchev–Trinajstić information content (AvgIpc) is 2.84. The molecule has 1 aromatic heterocycles. The Morgan fingerprint density at radius 3 is 3.10 bits per heavy atom. The Morgan fingerprint density at radius 2 is 2.33 bits per heavy atom. The molecule has 0 aliphatic carbocycles. The molecule has 7 nitrogen and oxygen atoms in total. The lowest BCUT2D eigenvalue weighted by Gasteiger charge is -2.14. The Morgan fingerprint density at radius 1 is 1.48 bits per heavy atom. The van der Waals surface area contributed by atoms with E-state index in [1.54, 1.807) is 0 Å². The van der Waals surface area contributed by atoms with E-state index >= 15 is 0 Å². The lowest BCUT2D eigenvalue weighted by molar-refractivity contribution is -0.128. The number of carbonyl (C=O) groups excluding carboxylic acids is 2. The Kier molecular flexibility index (Phi) is 5.71. The highest BCUT2D eigenvalue weighted by Gasteiger charge is 2.22. The summed E-state index contributed by atoms with van der Waals surface area (Å²) < 4.78 is 5.06. The molecule has 2 N–H and O–H groups in total. The molecule has 21 heavy (non-hydrogen) atoms. The minimum Gasteiger partial charge on any atom is -0.354 e. The third-order valence-electron chi connectivity index (χ3n) is 3.49. The lowest BCUT2D eigenvalue weighted by atomic mass is 10.1. The Hall–Kier alpha value is -1.92. The smallest absolute Gasteiger partial charge is 0.242 e. The maximum atomic E-state index is 11.9. The predicted molar refractivity (Wildman–Crippen MR) is 75.4 cm³/mol. The van der Waals surface area contributed by atoms with Gasteiger partial charge in [0.2, 0.25) is 17.7 Å². The summed E-state index contributed by atoms with van der Waals surface area (Å²) in [6.07, 6.45) is 4.93. The van der Waals surface area contributed by atoms with E-state index in [1.165, 1.54) is 0 Å². The fourth-order valence-electron chi connectivity index (χ4n) is 2.28. The van der Waals surface area contributed by atoms with E-state index in [4.69, 9.17) is 4.52 Å². The highest BCUT2D eigenvalue weighted by atomic mass is 16.5. The molecule has 1 aliphatic rings. The topological polar surface area (TPSA) is 97.1 Å². The zero-order valence-corrected chi connectivity index (χ0v) is 12.4. The molecule has 2 rings (SSSR count). The summed E-state index contributed by atoms with van der Waals surface area (Å²) in [4.78, 5) is 27.8. The summed E-state index contributed by atoms with van der Waals surface area (Å²) in [5.41, 5.74) is 0. The summed E-state index contributed by atoms with van der Waals surface area (Å²) in [5, 5.41) is 9.40. The van der Waals surface area contributed by atoms with Crippen LogP contribution in [0.15, 0.2) is 4.52 Å². The molecule has 0 radical (unpaired) electrons. The van der Waals surface area contributed by atoms with Crippen LogP contribution < -0.4 is 10.6 Å². The van der Waals surface area contributed by atoms with E-state index in [-0.39, 0.29) is 11.8 Å². The van der Waals surface area contributed by atoms with Crippen molar-refractivity contribution in [1.29, 1.82) is 0 Å². The van der Waals surface area contributed by atoms with Crippen LogP contribution in [0.5, 0.6) is 0 Å². The number of aryl methyl sites for hydroxylation is 2. The van der Waals surface area contributed by atoms with Crippen LogP contribution in [0.4, 0.5) is 0 Å². The van der Waals surface area contributed by atoms with Crippen molar-refractivity contribution in [3.63, 3.8) is 0 Å². The van der Waals surface area contributed by atoms with Crippen molar-refractivity contribution in [2.24, 2.45) is 0 Å². The van der Waals surface area contributed by atoms with E-state index in [0.717, 1.165) is 19.3 Å². The second kappa shape index (κ2) is 7.75. The van der Waals surface area contributed by atoms with Crippen molar-refractivity contribution in [3.05, 3.63) is 11.7 Å². The third-order valence-corrected chi connectivity index (χ3v) is 3.49. The fraction of sp³-hybridized carbons (Fsp3) is 0.714. The van der Waals surface area contributed by atoms with Gasteiger partial charge in [-0.3, -0.25) is 9.59 Å². The molecule has 116 valence electrons. The van der Waals surface area contributed by atoms with Crippen molar-refractivity contribution < 1.29 is 14.1 Å². The fourth-order valence-corrected chi connectivity index (χ4v) is 2.28. The molecule has 0 aromatic carbocycles. The Labute approximate surface area is 123 Å². The maximum Gasteiger partial charge on any atom is 0.242 e. The first-order valence-corrected chi connectivity index (χ1v) is 7.57. The van der Waals surface area contributed by atoms with Gasteiger partial charge in [0.05, 0.1) is 0 Å². The van der Waals surface area contributed by atoms with Crippen molar-refractivity contribution in [2.75, 3.05) is 6.54 Å². The number of carbonyl (C=O) groups is 2. The van der Waals surface area contributed by atoms with Gasteiger partial charge in [0.25, 0.3) is 0 Å². The molecule has 0 spiro atoms. The van der Waals surface area contributed by atoms with Crippen LogP contribution in [0, 0.1) is 0 Å². The number of amides is 2. The number of nitrogens with one attached hydrogen (secondary N) is 2. The van der Waals surface area contributed by atoms with Gasteiger partial charge in [-0.15, -0.1) is 0 Å². The largest absolute Gasteiger partial charge is 0.354 e. The summed E-state index contributed by atoms with van der Waals surface area (Å²) in [6, 6.07) is -0.393. The zero-order valence-electron chi connectivity index (χ0n) is 12.4. The zero-order chi connectivity index (χ0) is 15.1. The number of rotatable bonds is 6. The molecule has 0 bridgehead atoms. The van der Waals surface area contributed by atoms with E-state index in [9.17, 15) is 9.59 Å². The van der Waals surface area contributed by atoms with Gasteiger partial charge >= 0.3 is 0 Å². The van der Waals surface area contributed by atoms with E-state index in [0.29, 0.717) is 43.9 Å². The van der Waals surface area contributed by atoms with Crippen LogP contribution >= 0.6 is 0 Å². The van der Waals surface area contributed by atoms with Gasteiger partial charge < -0.3 is 15.2 Å². The van der Waals surface area contributed by atoms with E-state index in [2.05, 4.69) is 20.8 Å². The minimum atomic E-state index is -0.393. The summed E-state index contributed by atoms with van der Waals surface area (Å²) in [7, 11) is 0. The Balaban J connectivity index is 1.70. The first-order chi connectivity index (χ1) is 10.2. The molecule has 2 amide bonds. The minimum absolute atomic E-state index is 0.0784. The predicted octanol–water partition coefficient (Wildman–Crippen LogP) is 0.740. The molecule has 0 saturated carbocycles. The third kappa shape index (κ3) is 4.84. The molecule has 1 aliphatic heterocycles. The second-order valence-electron chi connectivity index (χ2n) is 5.22. The molecule has 1 saturated heterocycles. The summed E-state index contributed by atoms with van der Waals surface area (Å²) >= 11 is 0.